The Balaban J connectivity index is 1.47. The Morgan fingerprint density at radius 1 is 1.06 bits per heavy atom. The number of epoxide rings is 1. The molecule has 2 bridgehead atoms. The van der Waals surface area contributed by atoms with Gasteiger partial charge in [-0.25, -0.2) is 0 Å². The summed E-state index contributed by atoms with van der Waals surface area (Å²) in [6, 6.07) is 0. The maximum atomic E-state index is 12.2. The number of carbonyl (C=O) groups is 2. The smallest absolute Gasteiger partial charge is 0.304 e. The highest BCUT2D eigenvalue weighted by Crippen LogP contribution is 2.74. The molecule has 11 atom stereocenters. The van der Waals surface area contributed by atoms with Crippen molar-refractivity contribution in [3.8, 4) is 0 Å². The normalized spacial score (nSPS) is 54.6. The largest absolute Gasteiger partial charge is 0.472 e. The van der Waals surface area contributed by atoms with Gasteiger partial charge in [0, 0.05) is 31.6 Å². The van der Waals surface area contributed by atoms with Gasteiger partial charge in [0.05, 0.1) is 25.1 Å². The zero-order chi connectivity index (χ0) is 22.5. The Labute approximate surface area is 187 Å². The molecule has 0 aromatic carbocycles. The van der Waals surface area contributed by atoms with Crippen molar-refractivity contribution in [3.05, 3.63) is 12.3 Å². The number of hydrogen-bond acceptors (Lipinski definition) is 8. The van der Waals surface area contributed by atoms with E-state index in [-0.39, 0.29) is 47.6 Å². The van der Waals surface area contributed by atoms with E-state index in [4.69, 9.17) is 28.4 Å². The fourth-order valence-corrected chi connectivity index (χ4v) is 7.95. The molecule has 32 heavy (non-hydrogen) atoms. The second-order valence-corrected chi connectivity index (χ2v) is 10.9. The second kappa shape index (κ2) is 6.70. The van der Waals surface area contributed by atoms with Gasteiger partial charge < -0.3 is 28.4 Å². The van der Waals surface area contributed by atoms with Gasteiger partial charge in [-0.3, -0.25) is 9.59 Å². The van der Waals surface area contributed by atoms with Gasteiger partial charge in [-0.1, -0.05) is 13.8 Å². The molecule has 7 rings (SSSR count). The van der Waals surface area contributed by atoms with Crippen LogP contribution in [0.5, 0.6) is 0 Å². The van der Waals surface area contributed by atoms with Gasteiger partial charge in [0.1, 0.15) is 17.1 Å². The molecule has 0 aromatic rings. The maximum absolute atomic E-state index is 12.2. The Morgan fingerprint density at radius 3 is 2.47 bits per heavy atom. The van der Waals surface area contributed by atoms with Crippen LogP contribution < -0.4 is 0 Å². The molecule has 0 aromatic heterocycles. The number of carbonyl (C=O) groups excluding carboxylic acids is 2. The zero-order valence-electron chi connectivity index (χ0n) is 19.1. The average Bonchev–Trinajstić information content (AvgIpc) is 3.14. The molecule has 8 heteroatoms. The van der Waals surface area contributed by atoms with E-state index in [0.29, 0.717) is 13.0 Å². The van der Waals surface area contributed by atoms with Crippen LogP contribution in [0.15, 0.2) is 12.3 Å². The van der Waals surface area contributed by atoms with Crippen LogP contribution >= 0.6 is 0 Å². The van der Waals surface area contributed by atoms with Crippen LogP contribution in [0.25, 0.3) is 0 Å². The minimum Gasteiger partial charge on any atom is -0.472 e. The SMILES string of the molecule is CC(=O)O[C@H]1O[C@@H]2C[C@H]3C1([C@@H](OC(C)=O)C[C@@H](C)[C@]3(C)[C@@H]1C[C@H]3C=CO[C@H]3O1)[C@@]1(CO1)C2. The molecular formula is C24H32O8. The zero-order valence-corrected chi connectivity index (χ0v) is 19.1. The van der Waals surface area contributed by atoms with Gasteiger partial charge in [0.15, 0.2) is 0 Å². The number of fused-ring (bicyclic) bond motifs is 2. The first-order valence-corrected chi connectivity index (χ1v) is 11.8. The lowest BCUT2D eigenvalue weighted by molar-refractivity contribution is -0.375. The highest BCUT2D eigenvalue weighted by Gasteiger charge is 2.83. The van der Waals surface area contributed by atoms with Gasteiger partial charge in [-0.05, 0) is 37.2 Å². The van der Waals surface area contributed by atoms with Crippen molar-refractivity contribution >= 4 is 11.9 Å². The lowest BCUT2D eigenvalue weighted by atomic mass is 9.40. The van der Waals surface area contributed by atoms with Crippen LogP contribution in [0.3, 0.4) is 0 Å². The number of ether oxygens (including phenoxy) is 6. The molecule has 1 unspecified atom stereocenters. The van der Waals surface area contributed by atoms with Gasteiger partial charge in [-0.15, -0.1) is 0 Å². The Hall–Kier alpha value is -1.64. The average molecular weight is 449 g/mol. The molecule has 176 valence electrons. The van der Waals surface area contributed by atoms with Crippen molar-refractivity contribution in [3.63, 3.8) is 0 Å². The molecule has 8 nitrogen and oxygen atoms in total. The Bertz CT molecular complexity index is 866. The summed E-state index contributed by atoms with van der Waals surface area (Å²) in [5.74, 6) is -0.245. The van der Waals surface area contributed by atoms with Gasteiger partial charge in [0.25, 0.3) is 0 Å². The van der Waals surface area contributed by atoms with Gasteiger partial charge >= 0.3 is 11.9 Å². The van der Waals surface area contributed by atoms with E-state index >= 15 is 0 Å². The number of hydrogen-bond donors (Lipinski definition) is 0. The third-order valence-corrected chi connectivity index (χ3v) is 9.48. The molecule has 5 aliphatic heterocycles. The van der Waals surface area contributed by atoms with E-state index in [1.165, 1.54) is 13.8 Å². The van der Waals surface area contributed by atoms with Crippen LogP contribution in [-0.4, -0.2) is 55.0 Å². The molecular weight excluding hydrogens is 416 g/mol. The quantitative estimate of drug-likeness (QED) is 0.481. The first-order valence-electron chi connectivity index (χ1n) is 11.8. The highest BCUT2D eigenvalue weighted by molar-refractivity contribution is 5.67. The highest BCUT2D eigenvalue weighted by atomic mass is 16.7. The molecule has 2 aliphatic carbocycles. The van der Waals surface area contributed by atoms with Crippen LogP contribution in [0, 0.1) is 28.6 Å². The summed E-state index contributed by atoms with van der Waals surface area (Å²) < 4.78 is 36.5. The topological polar surface area (TPSA) is 92.8 Å². The summed E-state index contributed by atoms with van der Waals surface area (Å²) in [5.41, 5.74) is -1.53. The molecule has 5 heterocycles. The number of esters is 2. The van der Waals surface area contributed by atoms with E-state index in [1.807, 2.05) is 0 Å². The van der Waals surface area contributed by atoms with Crippen molar-refractivity contribution in [2.24, 2.45) is 28.6 Å². The molecule has 2 saturated carbocycles. The first-order chi connectivity index (χ1) is 15.2. The maximum Gasteiger partial charge on any atom is 0.304 e. The molecule has 0 radical (unpaired) electrons. The molecule has 7 aliphatic rings. The standard InChI is InChI=1S/C24H32O8/c1-12-7-19(29-13(2)25)24-17(22(12,4)18-8-15-5-6-27-20(15)32-18)9-16(10-23(24)11-28-23)31-21(24)30-14(3)26/h5-6,12,15-21H,7-11H2,1-4H3/t12-,15-,16-,17-,18+,19+,20+,21+,22+,23+,24?/m1/s1. The monoisotopic (exact) mass is 448 g/mol. The van der Waals surface area contributed by atoms with E-state index in [0.717, 1.165) is 19.3 Å². The summed E-state index contributed by atoms with van der Waals surface area (Å²) in [6.45, 7) is 7.92. The Morgan fingerprint density at radius 2 is 1.81 bits per heavy atom. The predicted octanol–water partition coefficient (Wildman–Crippen LogP) is 2.69. The summed E-state index contributed by atoms with van der Waals surface area (Å²) in [6.07, 6.45) is 5.25. The summed E-state index contributed by atoms with van der Waals surface area (Å²) in [5, 5.41) is 0. The lowest BCUT2D eigenvalue weighted by Crippen LogP contribution is -2.77. The first kappa shape index (κ1) is 20.9. The number of rotatable bonds is 3. The molecule has 4 saturated heterocycles. The van der Waals surface area contributed by atoms with Crippen LogP contribution in [0.2, 0.25) is 0 Å². The van der Waals surface area contributed by atoms with Crippen molar-refractivity contribution in [1.29, 1.82) is 0 Å². The van der Waals surface area contributed by atoms with Gasteiger partial charge in [-0.2, -0.15) is 0 Å². The molecule has 6 fully saturated rings. The molecule has 0 N–H and O–H groups in total. The van der Waals surface area contributed by atoms with E-state index in [1.54, 1.807) is 6.26 Å². The molecule has 0 amide bonds. The summed E-state index contributed by atoms with van der Waals surface area (Å²) in [4.78, 5) is 24.3. The van der Waals surface area contributed by atoms with Crippen molar-refractivity contribution in [2.75, 3.05) is 6.61 Å². The third kappa shape index (κ3) is 2.54. The van der Waals surface area contributed by atoms with Crippen molar-refractivity contribution in [2.45, 2.75) is 89.9 Å². The Kier molecular flexibility index (Phi) is 4.38. The van der Waals surface area contributed by atoms with Crippen LogP contribution in [0.4, 0.5) is 0 Å². The molecule has 2 spiro atoms. The van der Waals surface area contributed by atoms with Crippen molar-refractivity contribution in [1.82, 2.24) is 0 Å². The fraction of sp³-hybridized carbons (Fsp3) is 0.833. The predicted molar refractivity (Wildman–Crippen MR) is 109 cm³/mol. The third-order valence-electron chi connectivity index (χ3n) is 9.48. The minimum absolute atomic E-state index is 0.0225. The van der Waals surface area contributed by atoms with Crippen LogP contribution in [0.1, 0.15) is 53.4 Å². The second-order valence-electron chi connectivity index (χ2n) is 10.9. The fourth-order valence-electron chi connectivity index (χ4n) is 7.95. The summed E-state index contributed by atoms with van der Waals surface area (Å²) >= 11 is 0. The van der Waals surface area contributed by atoms with E-state index in [9.17, 15) is 9.59 Å². The summed E-state index contributed by atoms with van der Waals surface area (Å²) in [7, 11) is 0. The lowest BCUT2D eigenvalue weighted by Gasteiger charge is -2.69. The van der Waals surface area contributed by atoms with E-state index in [2.05, 4.69) is 19.9 Å². The van der Waals surface area contributed by atoms with E-state index < -0.39 is 29.4 Å². The minimum atomic E-state index is -0.812. The van der Waals surface area contributed by atoms with Gasteiger partial charge in [0.2, 0.25) is 12.6 Å². The van der Waals surface area contributed by atoms with Crippen molar-refractivity contribution < 1.29 is 38.0 Å². The van der Waals surface area contributed by atoms with Crippen LogP contribution in [-0.2, 0) is 38.0 Å².